The summed E-state index contributed by atoms with van der Waals surface area (Å²) < 4.78 is 16.8. The van der Waals surface area contributed by atoms with Crippen molar-refractivity contribution in [2.45, 2.75) is 303 Å². The average Bonchev–Trinajstić information content (AvgIpc) is 3.29. The topological polar surface area (TPSA) is 78.9 Å². The molecule has 0 bridgehead atoms. The summed E-state index contributed by atoms with van der Waals surface area (Å²) in [6, 6.07) is 0. The molecule has 0 saturated heterocycles. The molecule has 0 aliphatic heterocycles. The molecule has 0 aliphatic rings. The quantitative estimate of drug-likeness (QED) is 0.0262. The van der Waals surface area contributed by atoms with Crippen molar-refractivity contribution in [1.29, 1.82) is 0 Å². The van der Waals surface area contributed by atoms with Gasteiger partial charge in [-0.3, -0.25) is 14.4 Å². The van der Waals surface area contributed by atoms with Gasteiger partial charge in [-0.1, -0.05) is 237 Å². The summed E-state index contributed by atoms with van der Waals surface area (Å²) in [7, 11) is 0. The van der Waals surface area contributed by atoms with Crippen molar-refractivity contribution in [1.82, 2.24) is 0 Å². The lowest BCUT2D eigenvalue weighted by Crippen LogP contribution is -2.30. The molecule has 0 radical (unpaired) electrons. The van der Waals surface area contributed by atoms with Crippen molar-refractivity contribution in [2.24, 2.45) is 0 Å². The van der Waals surface area contributed by atoms with Gasteiger partial charge in [0, 0.05) is 19.3 Å². The zero-order valence-electron chi connectivity index (χ0n) is 42.8. The first-order valence-electron chi connectivity index (χ1n) is 28.0. The van der Waals surface area contributed by atoms with Crippen molar-refractivity contribution >= 4 is 17.9 Å². The van der Waals surface area contributed by atoms with Crippen LogP contribution in [0, 0.1) is 0 Å². The van der Waals surface area contributed by atoms with Crippen molar-refractivity contribution in [3.63, 3.8) is 0 Å². The smallest absolute Gasteiger partial charge is 0.306 e. The van der Waals surface area contributed by atoms with Gasteiger partial charge in [0.05, 0.1) is 0 Å². The predicted molar refractivity (Wildman–Crippen MR) is 275 cm³/mol. The molecule has 6 nitrogen and oxygen atoms in total. The third-order valence-electron chi connectivity index (χ3n) is 12.4. The van der Waals surface area contributed by atoms with E-state index in [0.29, 0.717) is 19.3 Å². The highest BCUT2D eigenvalue weighted by Gasteiger charge is 2.19. The van der Waals surface area contributed by atoms with E-state index >= 15 is 0 Å². The van der Waals surface area contributed by atoms with Crippen molar-refractivity contribution in [3.8, 4) is 0 Å². The van der Waals surface area contributed by atoms with Gasteiger partial charge in [-0.15, -0.1) is 0 Å². The third-order valence-corrected chi connectivity index (χ3v) is 12.4. The van der Waals surface area contributed by atoms with Crippen LogP contribution in [0.15, 0.2) is 36.5 Å². The maximum atomic E-state index is 12.8. The normalized spacial score (nSPS) is 12.2. The van der Waals surface area contributed by atoms with E-state index in [1.54, 1.807) is 0 Å². The first kappa shape index (κ1) is 61.6. The fourth-order valence-corrected chi connectivity index (χ4v) is 8.12. The van der Waals surface area contributed by atoms with Gasteiger partial charge in [-0.2, -0.15) is 0 Å². The number of hydrogen-bond acceptors (Lipinski definition) is 6. The first-order valence-corrected chi connectivity index (χ1v) is 28.0. The predicted octanol–water partition coefficient (Wildman–Crippen LogP) is 18.5. The number of carbonyl (C=O) groups is 3. The molecule has 0 aromatic heterocycles. The Labute approximate surface area is 397 Å². The molecule has 0 N–H and O–H groups in total. The lowest BCUT2D eigenvalue weighted by atomic mass is 10.0. The van der Waals surface area contributed by atoms with Crippen LogP contribution in [-0.2, 0) is 28.6 Å². The molecule has 374 valence electrons. The average molecular weight is 899 g/mol. The van der Waals surface area contributed by atoms with E-state index in [-0.39, 0.29) is 31.1 Å². The Balaban J connectivity index is 4.38. The van der Waals surface area contributed by atoms with E-state index in [4.69, 9.17) is 14.2 Å². The Kier molecular flexibility index (Phi) is 51.3. The molecule has 0 fully saturated rings. The number of ether oxygens (including phenoxy) is 3. The molecule has 0 saturated carbocycles. The molecule has 64 heavy (non-hydrogen) atoms. The Bertz CT molecular complexity index is 1080. The summed E-state index contributed by atoms with van der Waals surface area (Å²) in [5, 5.41) is 0. The molecular weight excluding hydrogens is 793 g/mol. The highest BCUT2D eigenvalue weighted by Crippen LogP contribution is 2.16. The van der Waals surface area contributed by atoms with E-state index in [9.17, 15) is 14.4 Å². The highest BCUT2D eigenvalue weighted by atomic mass is 16.6. The number of carbonyl (C=O) groups excluding carboxylic acids is 3. The van der Waals surface area contributed by atoms with E-state index in [2.05, 4.69) is 57.2 Å². The molecule has 0 aliphatic carbocycles. The van der Waals surface area contributed by atoms with Gasteiger partial charge in [0.1, 0.15) is 13.2 Å². The van der Waals surface area contributed by atoms with E-state index < -0.39 is 6.10 Å². The van der Waals surface area contributed by atoms with Crippen LogP contribution in [0.4, 0.5) is 0 Å². The Morgan fingerprint density at radius 2 is 0.562 bits per heavy atom. The summed E-state index contributed by atoms with van der Waals surface area (Å²) in [6.45, 7) is 6.63. The Hall–Kier alpha value is -2.37. The second kappa shape index (κ2) is 53.2. The Morgan fingerprint density at radius 1 is 0.312 bits per heavy atom. The number of unbranched alkanes of at least 4 members (excludes halogenated alkanes) is 34. The molecule has 0 amide bonds. The van der Waals surface area contributed by atoms with Crippen LogP contribution in [0.3, 0.4) is 0 Å². The zero-order chi connectivity index (χ0) is 46.5. The van der Waals surface area contributed by atoms with E-state index in [1.165, 1.54) is 167 Å². The molecule has 0 spiro atoms. The lowest BCUT2D eigenvalue weighted by Gasteiger charge is -2.18. The van der Waals surface area contributed by atoms with Gasteiger partial charge in [0.25, 0.3) is 0 Å². The standard InChI is InChI=1S/C58H106O6/c1-4-7-10-13-16-19-22-25-28-31-33-36-39-42-45-48-51-57(60)63-54-55(64-58(61)52-49-46-43-40-37-34-30-27-24-21-18-15-12-9-6-3)53-62-56(59)50-47-44-41-38-35-32-29-26-23-20-17-14-11-8-5-2/h18,21,27-28,30-31,55H,4-17,19-20,22-26,29,32-54H2,1-3H3/b21-18-,30-27-,31-28-/t55-/m1/s1. The molecule has 0 aromatic carbocycles. The van der Waals surface area contributed by atoms with Crippen LogP contribution in [0.2, 0.25) is 0 Å². The maximum Gasteiger partial charge on any atom is 0.306 e. The molecule has 0 heterocycles. The lowest BCUT2D eigenvalue weighted by molar-refractivity contribution is -0.167. The minimum absolute atomic E-state index is 0.0771. The number of rotatable bonds is 51. The molecular formula is C58H106O6. The van der Waals surface area contributed by atoms with Crippen molar-refractivity contribution in [2.75, 3.05) is 13.2 Å². The summed E-state index contributed by atoms with van der Waals surface area (Å²) in [5.74, 6) is -0.885. The molecule has 0 unspecified atom stereocenters. The number of hydrogen-bond donors (Lipinski definition) is 0. The second-order valence-electron chi connectivity index (χ2n) is 18.8. The second-order valence-corrected chi connectivity index (χ2v) is 18.8. The molecule has 1 atom stereocenters. The summed E-state index contributed by atoms with van der Waals surface area (Å²) in [5.41, 5.74) is 0. The van der Waals surface area contributed by atoms with Gasteiger partial charge in [-0.25, -0.2) is 0 Å². The van der Waals surface area contributed by atoms with Crippen LogP contribution in [-0.4, -0.2) is 37.2 Å². The van der Waals surface area contributed by atoms with Gasteiger partial charge >= 0.3 is 17.9 Å². The van der Waals surface area contributed by atoms with Crippen LogP contribution in [0.25, 0.3) is 0 Å². The minimum Gasteiger partial charge on any atom is -0.462 e. The molecule has 6 heteroatoms. The maximum absolute atomic E-state index is 12.8. The number of allylic oxidation sites excluding steroid dienone is 6. The van der Waals surface area contributed by atoms with Crippen LogP contribution >= 0.6 is 0 Å². The molecule has 0 rings (SSSR count). The van der Waals surface area contributed by atoms with Gasteiger partial charge in [0.2, 0.25) is 0 Å². The van der Waals surface area contributed by atoms with Crippen LogP contribution < -0.4 is 0 Å². The first-order chi connectivity index (χ1) is 31.5. The number of esters is 3. The zero-order valence-corrected chi connectivity index (χ0v) is 42.8. The van der Waals surface area contributed by atoms with Crippen LogP contribution in [0.5, 0.6) is 0 Å². The fourth-order valence-electron chi connectivity index (χ4n) is 8.12. The summed E-state index contributed by atoms with van der Waals surface area (Å²) in [4.78, 5) is 38.1. The van der Waals surface area contributed by atoms with Crippen LogP contribution in [0.1, 0.15) is 297 Å². The third kappa shape index (κ3) is 50.6. The van der Waals surface area contributed by atoms with E-state index in [0.717, 1.165) is 89.9 Å². The minimum atomic E-state index is -0.779. The highest BCUT2D eigenvalue weighted by molar-refractivity contribution is 5.71. The van der Waals surface area contributed by atoms with E-state index in [1.807, 2.05) is 0 Å². The van der Waals surface area contributed by atoms with Gasteiger partial charge < -0.3 is 14.2 Å². The SMILES string of the molecule is CCCCC/C=C\C/C=C\CCCCCCCC(=O)O[C@@H](COC(=O)CCCCCCC/C=C\CCCCCCCCC)COC(=O)CCCCCCCCCCCCCCCCC. The van der Waals surface area contributed by atoms with Gasteiger partial charge in [-0.05, 0) is 77.0 Å². The van der Waals surface area contributed by atoms with Crippen molar-refractivity contribution in [3.05, 3.63) is 36.5 Å². The van der Waals surface area contributed by atoms with Gasteiger partial charge in [0.15, 0.2) is 6.10 Å². The monoisotopic (exact) mass is 899 g/mol. The summed E-state index contributed by atoms with van der Waals surface area (Å²) in [6.07, 6.45) is 62.7. The van der Waals surface area contributed by atoms with Crippen molar-refractivity contribution < 1.29 is 28.6 Å². The largest absolute Gasteiger partial charge is 0.462 e. The molecule has 0 aromatic rings. The summed E-state index contributed by atoms with van der Waals surface area (Å²) >= 11 is 0. The Morgan fingerprint density at radius 3 is 0.906 bits per heavy atom. The fraction of sp³-hybridized carbons (Fsp3) is 0.845.